The number of halogens is 1. The number of nitriles is 1. The van der Waals surface area contributed by atoms with Crippen LogP contribution >= 0.6 is 0 Å². The third kappa shape index (κ3) is 6.67. The van der Waals surface area contributed by atoms with Gasteiger partial charge in [0.15, 0.2) is 0 Å². The first kappa shape index (κ1) is 25.7. The second-order valence-corrected chi connectivity index (χ2v) is 10.1. The number of nitrogens with one attached hydrogen (secondary N) is 2. The first-order valence-corrected chi connectivity index (χ1v) is 13.3. The monoisotopic (exact) mass is 512 g/mol. The molecule has 3 heterocycles. The fraction of sp³-hybridized carbons (Fsp3) is 0.367. The molecule has 3 aromatic rings. The molecule has 0 unspecified atom stereocenters. The van der Waals surface area contributed by atoms with Gasteiger partial charge < -0.3 is 15.5 Å². The largest absolute Gasteiger partial charge is 0.381 e. The molecule has 2 N–H and O–H groups in total. The highest BCUT2D eigenvalue weighted by molar-refractivity contribution is 5.92. The zero-order chi connectivity index (χ0) is 26.3. The number of piperidine rings is 2. The summed E-state index contributed by atoms with van der Waals surface area (Å²) in [4.78, 5) is 21.8. The second-order valence-electron chi connectivity index (χ2n) is 10.1. The number of hydrogen-bond acceptors (Lipinski definition) is 6. The molecule has 5 rings (SSSR count). The van der Waals surface area contributed by atoms with Crippen LogP contribution in [0.2, 0.25) is 0 Å². The summed E-state index contributed by atoms with van der Waals surface area (Å²) in [6.45, 7) is 4.50. The van der Waals surface area contributed by atoms with Gasteiger partial charge in [0.25, 0.3) is 5.91 Å². The van der Waals surface area contributed by atoms with E-state index in [1.54, 1.807) is 12.3 Å². The number of likely N-dealkylation sites (tertiary alicyclic amines) is 1. The first-order valence-electron chi connectivity index (χ1n) is 13.3. The van der Waals surface area contributed by atoms with Gasteiger partial charge in [-0.25, -0.2) is 9.37 Å². The summed E-state index contributed by atoms with van der Waals surface area (Å²) < 4.78 is 13.2. The summed E-state index contributed by atoms with van der Waals surface area (Å²) >= 11 is 0. The van der Waals surface area contributed by atoms with E-state index in [0.717, 1.165) is 69.8 Å². The molecule has 2 aliphatic rings. The van der Waals surface area contributed by atoms with E-state index in [9.17, 15) is 9.18 Å². The molecule has 0 bridgehead atoms. The number of hydrogen-bond donors (Lipinski definition) is 2. The molecule has 0 atom stereocenters. The van der Waals surface area contributed by atoms with Crippen LogP contribution in [0.1, 0.15) is 47.3 Å². The molecular formula is C30H33FN6O. The fourth-order valence-corrected chi connectivity index (χ4v) is 5.22. The molecule has 2 fully saturated rings. The number of carbonyl (C=O) groups is 1. The number of pyridine rings is 1. The predicted molar refractivity (Wildman–Crippen MR) is 146 cm³/mol. The van der Waals surface area contributed by atoms with Gasteiger partial charge in [-0.1, -0.05) is 12.1 Å². The van der Waals surface area contributed by atoms with Crippen LogP contribution in [0.15, 0.2) is 66.9 Å². The van der Waals surface area contributed by atoms with Crippen molar-refractivity contribution < 1.29 is 9.18 Å². The van der Waals surface area contributed by atoms with Crippen molar-refractivity contribution in [2.75, 3.05) is 36.4 Å². The summed E-state index contributed by atoms with van der Waals surface area (Å²) in [6.07, 6.45) is 5.49. The van der Waals surface area contributed by atoms with Gasteiger partial charge in [0.05, 0.1) is 23.5 Å². The zero-order valence-corrected chi connectivity index (χ0v) is 21.4. The molecule has 0 aliphatic carbocycles. The summed E-state index contributed by atoms with van der Waals surface area (Å²) in [5, 5.41) is 15.6. The Morgan fingerprint density at radius 3 is 2.24 bits per heavy atom. The Kier molecular flexibility index (Phi) is 8.15. The van der Waals surface area contributed by atoms with E-state index in [0.29, 0.717) is 17.3 Å². The minimum atomic E-state index is -0.212. The predicted octanol–water partition coefficient (Wildman–Crippen LogP) is 4.57. The molecule has 0 radical (unpaired) electrons. The lowest BCUT2D eigenvalue weighted by molar-refractivity contribution is 0.0904. The van der Waals surface area contributed by atoms with E-state index in [2.05, 4.69) is 31.5 Å². The molecule has 196 valence electrons. The zero-order valence-electron chi connectivity index (χ0n) is 21.4. The number of aromatic nitrogens is 1. The van der Waals surface area contributed by atoms with Crippen molar-refractivity contribution in [3.8, 4) is 6.07 Å². The molecule has 0 saturated carbocycles. The Morgan fingerprint density at radius 2 is 1.61 bits per heavy atom. The van der Waals surface area contributed by atoms with Gasteiger partial charge in [0.2, 0.25) is 0 Å². The van der Waals surface area contributed by atoms with Crippen molar-refractivity contribution in [2.45, 2.75) is 44.3 Å². The van der Waals surface area contributed by atoms with Crippen LogP contribution in [0.3, 0.4) is 0 Å². The van der Waals surface area contributed by atoms with Crippen molar-refractivity contribution in [1.29, 1.82) is 5.26 Å². The van der Waals surface area contributed by atoms with Gasteiger partial charge >= 0.3 is 0 Å². The van der Waals surface area contributed by atoms with Gasteiger partial charge in [-0.3, -0.25) is 9.69 Å². The number of anilines is 2. The minimum absolute atomic E-state index is 0.130. The van der Waals surface area contributed by atoms with Crippen LogP contribution in [0.5, 0.6) is 0 Å². The van der Waals surface area contributed by atoms with E-state index in [4.69, 9.17) is 5.26 Å². The number of benzene rings is 2. The van der Waals surface area contributed by atoms with Crippen LogP contribution in [-0.2, 0) is 6.54 Å². The third-order valence-corrected chi connectivity index (χ3v) is 7.47. The van der Waals surface area contributed by atoms with Crippen molar-refractivity contribution >= 4 is 17.3 Å². The van der Waals surface area contributed by atoms with Crippen LogP contribution in [-0.4, -0.2) is 54.1 Å². The number of rotatable bonds is 7. The molecule has 1 amide bonds. The van der Waals surface area contributed by atoms with Gasteiger partial charge in [-0.2, -0.15) is 5.26 Å². The Morgan fingerprint density at radius 1 is 0.921 bits per heavy atom. The number of nitrogens with zero attached hydrogens (tertiary/aromatic N) is 4. The van der Waals surface area contributed by atoms with Gasteiger partial charge in [0, 0.05) is 50.5 Å². The maximum atomic E-state index is 13.2. The van der Waals surface area contributed by atoms with Gasteiger partial charge in [-0.05, 0) is 79.8 Å². The van der Waals surface area contributed by atoms with E-state index >= 15 is 0 Å². The van der Waals surface area contributed by atoms with Crippen molar-refractivity contribution in [3.63, 3.8) is 0 Å². The topological polar surface area (TPSA) is 84.3 Å². The Bertz CT molecular complexity index is 1240. The van der Waals surface area contributed by atoms with Gasteiger partial charge in [0.1, 0.15) is 11.5 Å². The summed E-state index contributed by atoms with van der Waals surface area (Å²) in [5.74, 6) is -0.342. The van der Waals surface area contributed by atoms with Crippen LogP contribution in [0.4, 0.5) is 15.8 Å². The van der Waals surface area contributed by atoms with E-state index in [-0.39, 0.29) is 17.8 Å². The Balaban J connectivity index is 1.04. The summed E-state index contributed by atoms with van der Waals surface area (Å²) in [5.41, 5.74) is 4.28. The average molecular weight is 513 g/mol. The Labute approximate surface area is 223 Å². The molecule has 2 saturated heterocycles. The van der Waals surface area contributed by atoms with Crippen molar-refractivity contribution in [2.24, 2.45) is 0 Å². The Hall–Kier alpha value is -3.96. The minimum Gasteiger partial charge on any atom is -0.381 e. The molecular weight excluding hydrogens is 479 g/mol. The van der Waals surface area contributed by atoms with Crippen molar-refractivity contribution in [1.82, 2.24) is 15.2 Å². The second kappa shape index (κ2) is 12.1. The van der Waals surface area contributed by atoms with Crippen LogP contribution in [0, 0.1) is 17.1 Å². The molecule has 38 heavy (non-hydrogen) atoms. The summed E-state index contributed by atoms with van der Waals surface area (Å²) in [6, 6.07) is 20.7. The fourth-order valence-electron chi connectivity index (χ4n) is 5.22. The molecule has 0 spiro atoms. The smallest absolute Gasteiger partial charge is 0.270 e. The highest BCUT2D eigenvalue weighted by Crippen LogP contribution is 2.22. The SMILES string of the molecule is N#Cc1ccc(CN2CCC(NC(=O)c3ccc(NC4CCN(c5ccc(F)cc5)CC4)cn3)CC2)cc1. The maximum Gasteiger partial charge on any atom is 0.270 e. The molecule has 2 aliphatic heterocycles. The third-order valence-electron chi connectivity index (χ3n) is 7.47. The van der Waals surface area contributed by atoms with Gasteiger partial charge in [-0.15, -0.1) is 0 Å². The highest BCUT2D eigenvalue weighted by atomic mass is 19.1. The van der Waals surface area contributed by atoms with E-state index < -0.39 is 0 Å². The normalized spacial score (nSPS) is 17.1. The number of carbonyl (C=O) groups excluding carboxylic acids is 1. The summed E-state index contributed by atoms with van der Waals surface area (Å²) in [7, 11) is 0. The lowest BCUT2D eigenvalue weighted by Gasteiger charge is -2.34. The standard InChI is InChI=1S/C30H33FN6O/c31-24-5-8-28(9-6-24)37-17-13-25(14-18-37)34-27-7-10-29(33-20-27)30(38)35-26-11-15-36(16-12-26)21-23-3-1-22(19-32)2-4-23/h1-10,20,25-26,34H,11-18,21H2,(H,35,38). The maximum absolute atomic E-state index is 13.2. The van der Waals surface area contributed by atoms with Crippen LogP contribution < -0.4 is 15.5 Å². The lowest BCUT2D eigenvalue weighted by Crippen LogP contribution is -2.44. The number of amides is 1. The van der Waals surface area contributed by atoms with E-state index in [1.807, 2.05) is 42.5 Å². The van der Waals surface area contributed by atoms with Crippen molar-refractivity contribution in [3.05, 3.63) is 89.5 Å². The molecule has 8 heteroatoms. The molecule has 1 aromatic heterocycles. The quantitative estimate of drug-likeness (QED) is 0.483. The van der Waals surface area contributed by atoms with Crippen LogP contribution in [0.25, 0.3) is 0 Å². The average Bonchev–Trinajstić information content (AvgIpc) is 2.96. The highest BCUT2D eigenvalue weighted by Gasteiger charge is 2.22. The van der Waals surface area contributed by atoms with E-state index in [1.165, 1.54) is 17.7 Å². The first-order chi connectivity index (χ1) is 18.6. The molecule has 2 aromatic carbocycles. The molecule has 7 nitrogen and oxygen atoms in total. The lowest BCUT2D eigenvalue weighted by atomic mass is 10.0.